The lowest BCUT2D eigenvalue weighted by Gasteiger charge is -2.08. The molecule has 2 amide bonds. The normalized spacial score (nSPS) is 18.7. The molecule has 1 aromatic heterocycles. The van der Waals surface area contributed by atoms with E-state index in [1.807, 2.05) is 48.9 Å². The van der Waals surface area contributed by atoms with Crippen molar-refractivity contribution in [3.05, 3.63) is 41.7 Å². The van der Waals surface area contributed by atoms with Crippen LogP contribution in [0.1, 0.15) is 31.2 Å². The summed E-state index contributed by atoms with van der Waals surface area (Å²) in [7, 11) is 0. The first-order valence-electron chi connectivity index (χ1n) is 8.66. The first-order chi connectivity index (χ1) is 12.0. The number of anilines is 1. The number of amides is 2. The fraction of sp³-hybridized carbons (Fsp3) is 0.421. The van der Waals surface area contributed by atoms with Gasteiger partial charge in [0.25, 0.3) is 0 Å². The van der Waals surface area contributed by atoms with Crippen molar-refractivity contribution in [2.45, 2.75) is 33.6 Å². The van der Waals surface area contributed by atoms with Crippen LogP contribution >= 0.6 is 0 Å². The van der Waals surface area contributed by atoms with E-state index in [-0.39, 0.29) is 24.2 Å². The van der Waals surface area contributed by atoms with Crippen molar-refractivity contribution < 1.29 is 9.59 Å². The van der Waals surface area contributed by atoms with Gasteiger partial charge in [-0.1, -0.05) is 25.1 Å². The van der Waals surface area contributed by atoms with Gasteiger partial charge in [0.05, 0.1) is 22.8 Å². The summed E-state index contributed by atoms with van der Waals surface area (Å²) in [5.74, 6) is 0.548. The molecule has 25 heavy (non-hydrogen) atoms. The second-order valence-electron chi connectivity index (χ2n) is 6.70. The highest BCUT2D eigenvalue weighted by Crippen LogP contribution is 2.37. The molecule has 0 bridgehead atoms. The Labute approximate surface area is 147 Å². The third kappa shape index (κ3) is 3.90. The van der Waals surface area contributed by atoms with Crippen molar-refractivity contribution >= 4 is 17.5 Å². The second-order valence-corrected chi connectivity index (χ2v) is 6.70. The van der Waals surface area contributed by atoms with Crippen LogP contribution in [0.15, 0.2) is 30.3 Å². The van der Waals surface area contributed by atoms with E-state index in [9.17, 15) is 9.59 Å². The minimum absolute atomic E-state index is 0.0598. The van der Waals surface area contributed by atoms with Crippen LogP contribution in [0.5, 0.6) is 0 Å². The highest BCUT2D eigenvalue weighted by Gasteiger charge is 2.38. The third-order valence-corrected chi connectivity index (χ3v) is 4.65. The molecule has 1 aromatic carbocycles. The molecule has 0 unspecified atom stereocenters. The van der Waals surface area contributed by atoms with E-state index >= 15 is 0 Å². The zero-order valence-electron chi connectivity index (χ0n) is 14.9. The number of hydrogen-bond donors (Lipinski definition) is 2. The molecule has 6 nitrogen and oxygen atoms in total. The van der Waals surface area contributed by atoms with Crippen LogP contribution in [0, 0.1) is 25.7 Å². The lowest BCUT2D eigenvalue weighted by molar-refractivity contribution is -0.122. The summed E-state index contributed by atoms with van der Waals surface area (Å²) >= 11 is 0. The first-order valence-corrected chi connectivity index (χ1v) is 8.66. The molecule has 1 fully saturated rings. The SMILES string of the molecule is Cc1nn(-c2ccccc2)c(C)c1NC(=O)CCNC(=O)[C@H]1C[C@@H]1C. The van der Waals surface area contributed by atoms with Gasteiger partial charge in [0.2, 0.25) is 11.8 Å². The highest BCUT2D eigenvalue weighted by atomic mass is 16.2. The minimum atomic E-state index is -0.122. The summed E-state index contributed by atoms with van der Waals surface area (Å²) in [6, 6.07) is 9.80. The number of benzene rings is 1. The Morgan fingerprint density at radius 1 is 1.24 bits per heavy atom. The van der Waals surface area contributed by atoms with Crippen LogP contribution < -0.4 is 10.6 Å². The minimum Gasteiger partial charge on any atom is -0.355 e. The van der Waals surface area contributed by atoms with Crippen LogP contribution in [0.25, 0.3) is 5.69 Å². The Kier molecular flexibility index (Phi) is 4.88. The number of nitrogens with one attached hydrogen (secondary N) is 2. The molecule has 1 aliphatic rings. The van der Waals surface area contributed by atoms with E-state index in [0.29, 0.717) is 12.5 Å². The molecule has 6 heteroatoms. The van der Waals surface area contributed by atoms with E-state index in [2.05, 4.69) is 22.7 Å². The summed E-state index contributed by atoms with van der Waals surface area (Å²) in [5, 5.41) is 10.3. The largest absolute Gasteiger partial charge is 0.355 e. The predicted molar refractivity (Wildman–Crippen MR) is 96.6 cm³/mol. The van der Waals surface area contributed by atoms with Gasteiger partial charge in [0, 0.05) is 18.9 Å². The number of hydrogen-bond acceptors (Lipinski definition) is 3. The first kappa shape index (κ1) is 17.2. The Hall–Kier alpha value is -2.63. The van der Waals surface area contributed by atoms with Crippen molar-refractivity contribution in [1.29, 1.82) is 0 Å². The van der Waals surface area contributed by atoms with Gasteiger partial charge in [0.1, 0.15) is 0 Å². The van der Waals surface area contributed by atoms with Crippen LogP contribution in [-0.4, -0.2) is 28.1 Å². The molecule has 2 atom stereocenters. The third-order valence-electron chi connectivity index (χ3n) is 4.65. The maximum atomic E-state index is 12.2. The molecule has 0 saturated heterocycles. The molecule has 1 saturated carbocycles. The average molecular weight is 340 g/mol. The number of para-hydroxylation sites is 1. The molecular formula is C19H24N4O2. The van der Waals surface area contributed by atoms with Crippen LogP contribution in [0.3, 0.4) is 0 Å². The van der Waals surface area contributed by atoms with Gasteiger partial charge < -0.3 is 10.6 Å². The number of carbonyl (C=O) groups excluding carboxylic acids is 2. The van der Waals surface area contributed by atoms with Crippen LogP contribution in [-0.2, 0) is 9.59 Å². The van der Waals surface area contributed by atoms with Crippen molar-refractivity contribution in [1.82, 2.24) is 15.1 Å². The molecular weight excluding hydrogens is 316 g/mol. The second kappa shape index (κ2) is 7.09. The van der Waals surface area contributed by atoms with Gasteiger partial charge in [-0.2, -0.15) is 5.10 Å². The molecule has 132 valence electrons. The number of aryl methyl sites for hydroxylation is 1. The predicted octanol–water partition coefficient (Wildman–Crippen LogP) is 2.59. The maximum absolute atomic E-state index is 12.2. The Balaban J connectivity index is 1.58. The average Bonchev–Trinajstić information content (AvgIpc) is 3.27. The van der Waals surface area contributed by atoms with E-state index in [1.165, 1.54) is 0 Å². The number of carbonyl (C=O) groups is 2. The van der Waals surface area contributed by atoms with Gasteiger partial charge in [-0.05, 0) is 38.3 Å². The molecule has 0 spiro atoms. The lowest BCUT2D eigenvalue weighted by Crippen LogP contribution is -2.29. The van der Waals surface area contributed by atoms with Crippen molar-refractivity contribution in [3.8, 4) is 5.69 Å². The van der Waals surface area contributed by atoms with E-state index in [1.54, 1.807) is 0 Å². The van der Waals surface area contributed by atoms with E-state index in [0.717, 1.165) is 29.2 Å². The summed E-state index contributed by atoms with van der Waals surface area (Å²) in [5.41, 5.74) is 3.34. The zero-order chi connectivity index (χ0) is 18.0. The highest BCUT2D eigenvalue weighted by molar-refractivity contribution is 5.92. The van der Waals surface area contributed by atoms with Gasteiger partial charge in [-0.25, -0.2) is 4.68 Å². The maximum Gasteiger partial charge on any atom is 0.226 e. The van der Waals surface area contributed by atoms with Crippen molar-refractivity contribution in [2.75, 3.05) is 11.9 Å². The Morgan fingerprint density at radius 3 is 2.56 bits per heavy atom. The fourth-order valence-corrected chi connectivity index (χ4v) is 2.96. The molecule has 1 aliphatic carbocycles. The Bertz CT molecular complexity index is 782. The fourth-order valence-electron chi connectivity index (χ4n) is 2.96. The van der Waals surface area contributed by atoms with Crippen LogP contribution in [0.4, 0.5) is 5.69 Å². The van der Waals surface area contributed by atoms with Crippen molar-refractivity contribution in [3.63, 3.8) is 0 Å². The topological polar surface area (TPSA) is 76.0 Å². The van der Waals surface area contributed by atoms with Crippen LogP contribution in [0.2, 0.25) is 0 Å². The van der Waals surface area contributed by atoms with Gasteiger partial charge >= 0.3 is 0 Å². The number of rotatable bonds is 6. The van der Waals surface area contributed by atoms with Gasteiger partial charge in [-0.3, -0.25) is 9.59 Å². The molecule has 2 aromatic rings. The number of aromatic nitrogens is 2. The van der Waals surface area contributed by atoms with Crippen molar-refractivity contribution in [2.24, 2.45) is 11.8 Å². The molecule has 1 heterocycles. The smallest absolute Gasteiger partial charge is 0.226 e. The summed E-state index contributed by atoms with van der Waals surface area (Å²) in [6.45, 7) is 6.23. The lowest BCUT2D eigenvalue weighted by atomic mass is 10.2. The summed E-state index contributed by atoms with van der Waals surface area (Å²) in [6.07, 6.45) is 1.21. The molecule has 0 radical (unpaired) electrons. The van der Waals surface area contributed by atoms with Gasteiger partial charge in [-0.15, -0.1) is 0 Å². The molecule has 2 N–H and O–H groups in total. The summed E-state index contributed by atoms with van der Waals surface area (Å²) < 4.78 is 1.82. The number of nitrogens with zero attached hydrogens (tertiary/aromatic N) is 2. The standard InChI is InChI=1S/C19H24N4O2/c1-12-11-16(12)19(25)20-10-9-17(24)21-18-13(2)22-23(14(18)3)15-7-5-4-6-8-15/h4-8,12,16H,9-11H2,1-3H3,(H,20,25)(H,21,24)/t12-,16-/m0/s1. The quantitative estimate of drug-likeness (QED) is 0.849. The van der Waals surface area contributed by atoms with E-state index < -0.39 is 0 Å². The molecule has 3 rings (SSSR count). The zero-order valence-corrected chi connectivity index (χ0v) is 14.9. The molecule has 0 aliphatic heterocycles. The monoisotopic (exact) mass is 340 g/mol. The Morgan fingerprint density at radius 2 is 1.92 bits per heavy atom. The van der Waals surface area contributed by atoms with E-state index in [4.69, 9.17) is 0 Å². The summed E-state index contributed by atoms with van der Waals surface area (Å²) in [4.78, 5) is 24.0. The van der Waals surface area contributed by atoms with Gasteiger partial charge in [0.15, 0.2) is 0 Å².